The molecule has 1 amide bonds. The van der Waals surface area contributed by atoms with Crippen LogP contribution in [0.1, 0.15) is 11.1 Å². The fourth-order valence-corrected chi connectivity index (χ4v) is 1.56. The van der Waals surface area contributed by atoms with Crippen LogP contribution in [0.15, 0.2) is 36.5 Å². The third kappa shape index (κ3) is 3.57. The SMILES string of the molecule is O=C(Cc1cccc(C(F)(F)F)c1)Nc1ccn[nH]1. The van der Waals surface area contributed by atoms with Crippen LogP contribution in [0.2, 0.25) is 0 Å². The molecule has 0 bridgehead atoms. The smallest absolute Gasteiger partial charge is 0.311 e. The zero-order chi connectivity index (χ0) is 13.9. The molecule has 0 fully saturated rings. The zero-order valence-corrected chi connectivity index (χ0v) is 9.66. The van der Waals surface area contributed by atoms with Gasteiger partial charge >= 0.3 is 6.18 Å². The number of amides is 1. The zero-order valence-electron chi connectivity index (χ0n) is 9.66. The minimum atomic E-state index is -4.41. The van der Waals surface area contributed by atoms with Crippen molar-refractivity contribution in [1.82, 2.24) is 10.2 Å². The van der Waals surface area contributed by atoms with Gasteiger partial charge in [-0.25, -0.2) is 0 Å². The van der Waals surface area contributed by atoms with Crippen LogP contribution in [0.25, 0.3) is 0 Å². The van der Waals surface area contributed by atoms with Gasteiger partial charge in [0.05, 0.1) is 18.2 Å². The third-order valence-corrected chi connectivity index (χ3v) is 2.39. The van der Waals surface area contributed by atoms with E-state index in [1.165, 1.54) is 18.3 Å². The summed E-state index contributed by atoms with van der Waals surface area (Å²) in [6.45, 7) is 0. The van der Waals surface area contributed by atoms with Gasteiger partial charge in [0.15, 0.2) is 0 Å². The monoisotopic (exact) mass is 269 g/mol. The van der Waals surface area contributed by atoms with Crippen molar-refractivity contribution in [3.05, 3.63) is 47.7 Å². The first kappa shape index (κ1) is 13.1. The van der Waals surface area contributed by atoms with Gasteiger partial charge in [0.25, 0.3) is 0 Å². The van der Waals surface area contributed by atoms with Crippen LogP contribution >= 0.6 is 0 Å². The van der Waals surface area contributed by atoms with Crippen molar-refractivity contribution >= 4 is 11.7 Å². The Morgan fingerprint density at radius 2 is 2.11 bits per heavy atom. The lowest BCUT2D eigenvalue weighted by Crippen LogP contribution is -2.15. The molecule has 1 aromatic heterocycles. The molecule has 0 aliphatic carbocycles. The maximum absolute atomic E-state index is 12.5. The molecule has 0 spiro atoms. The second kappa shape index (κ2) is 5.13. The van der Waals surface area contributed by atoms with E-state index in [-0.39, 0.29) is 6.42 Å². The molecule has 0 aliphatic rings. The first-order chi connectivity index (χ1) is 8.95. The first-order valence-corrected chi connectivity index (χ1v) is 5.40. The Morgan fingerprint density at radius 1 is 1.32 bits per heavy atom. The Kier molecular flexibility index (Phi) is 3.55. The Bertz CT molecular complexity index is 564. The summed E-state index contributed by atoms with van der Waals surface area (Å²) in [7, 11) is 0. The third-order valence-electron chi connectivity index (χ3n) is 2.39. The number of halogens is 3. The van der Waals surface area contributed by atoms with E-state index in [1.54, 1.807) is 6.07 Å². The van der Waals surface area contributed by atoms with Gasteiger partial charge in [-0.15, -0.1) is 0 Å². The molecule has 2 rings (SSSR count). The summed E-state index contributed by atoms with van der Waals surface area (Å²) >= 11 is 0. The molecule has 1 aromatic carbocycles. The van der Waals surface area contributed by atoms with Gasteiger partial charge in [-0.2, -0.15) is 18.3 Å². The number of hydrogen-bond acceptors (Lipinski definition) is 2. The van der Waals surface area contributed by atoms with Gasteiger partial charge in [0.1, 0.15) is 5.82 Å². The molecule has 100 valence electrons. The van der Waals surface area contributed by atoms with Crippen molar-refractivity contribution in [2.75, 3.05) is 5.32 Å². The van der Waals surface area contributed by atoms with Gasteiger partial charge in [0.2, 0.25) is 5.91 Å². The van der Waals surface area contributed by atoms with Crippen LogP contribution in [-0.4, -0.2) is 16.1 Å². The van der Waals surface area contributed by atoms with Gasteiger partial charge in [-0.1, -0.05) is 18.2 Å². The van der Waals surface area contributed by atoms with Crippen LogP contribution in [0.4, 0.5) is 19.0 Å². The molecule has 0 saturated carbocycles. The van der Waals surface area contributed by atoms with Crippen molar-refractivity contribution in [2.24, 2.45) is 0 Å². The highest BCUT2D eigenvalue weighted by Gasteiger charge is 2.30. The molecule has 2 N–H and O–H groups in total. The molecule has 7 heteroatoms. The number of aromatic nitrogens is 2. The fourth-order valence-electron chi connectivity index (χ4n) is 1.56. The number of H-pyrrole nitrogens is 1. The number of aromatic amines is 1. The predicted octanol–water partition coefficient (Wildman–Crippen LogP) is 2.61. The maximum Gasteiger partial charge on any atom is 0.416 e. The Labute approximate surface area is 106 Å². The molecule has 0 aliphatic heterocycles. The molecule has 1 heterocycles. The first-order valence-electron chi connectivity index (χ1n) is 5.40. The maximum atomic E-state index is 12.5. The van der Waals surface area contributed by atoms with E-state index < -0.39 is 17.6 Å². The van der Waals surface area contributed by atoms with Crippen LogP contribution < -0.4 is 5.32 Å². The Balaban J connectivity index is 2.05. The van der Waals surface area contributed by atoms with Crippen LogP contribution in [-0.2, 0) is 17.4 Å². The molecular formula is C12H10F3N3O. The highest BCUT2D eigenvalue weighted by Crippen LogP contribution is 2.29. The normalized spacial score (nSPS) is 11.3. The molecular weight excluding hydrogens is 259 g/mol. The van der Waals surface area contributed by atoms with E-state index >= 15 is 0 Å². The van der Waals surface area contributed by atoms with Gasteiger partial charge in [-0.3, -0.25) is 9.89 Å². The average molecular weight is 269 g/mol. The highest BCUT2D eigenvalue weighted by molar-refractivity contribution is 5.91. The standard InChI is InChI=1S/C12H10F3N3O/c13-12(14,15)9-3-1-2-8(6-9)7-11(19)17-10-4-5-16-18-10/h1-6H,7H2,(H2,16,17,18,19). The lowest BCUT2D eigenvalue weighted by molar-refractivity contribution is -0.137. The summed E-state index contributed by atoms with van der Waals surface area (Å²) < 4.78 is 37.5. The number of nitrogens with zero attached hydrogens (tertiary/aromatic N) is 1. The molecule has 0 unspecified atom stereocenters. The summed E-state index contributed by atoms with van der Waals surface area (Å²) in [5.41, 5.74) is -0.466. The summed E-state index contributed by atoms with van der Waals surface area (Å²) in [5, 5.41) is 8.66. The molecule has 0 radical (unpaired) electrons. The Morgan fingerprint density at radius 3 is 2.74 bits per heavy atom. The predicted molar refractivity (Wildman–Crippen MR) is 62.4 cm³/mol. The molecule has 19 heavy (non-hydrogen) atoms. The van der Waals surface area contributed by atoms with Crippen molar-refractivity contribution in [3.63, 3.8) is 0 Å². The van der Waals surface area contributed by atoms with E-state index in [0.717, 1.165) is 12.1 Å². The van der Waals surface area contributed by atoms with E-state index in [0.29, 0.717) is 11.4 Å². The number of hydrogen-bond donors (Lipinski definition) is 2. The van der Waals surface area contributed by atoms with Crippen LogP contribution in [0.5, 0.6) is 0 Å². The molecule has 4 nitrogen and oxygen atoms in total. The minimum Gasteiger partial charge on any atom is -0.311 e. The number of nitrogens with one attached hydrogen (secondary N) is 2. The number of carbonyl (C=O) groups excluding carboxylic acids is 1. The fraction of sp³-hybridized carbons (Fsp3) is 0.167. The summed E-state index contributed by atoms with van der Waals surface area (Å²) in [6.07, 6.45) is -3.08. The van der Waals surface area contributed by atoms with Crippen molar-refractivity contribution < 1.29 is 18.0 Å². The number of anilines is 1. The Hall–Kier alpha value is -2.31. The number of benzene rings is 1. The molecule has 0 saturated heterocycles. The van der Waals surface area contributed by atoms with E-state index in [9.17, 15) is 18.0 Å². The van der Waals surface area contributed by atoms with E-state index in [2.05, 4.69) is 15.5 Å². The number of carbonyl (C=O) groups is 1. The summed E-state index contributed by atoms with van der Waals surface area (Å²) in [6, 6.07) is 6.23. The van der Waals surface area contributed by atoms with Gasteiger partial charge in [-0.05, 0) is 11.6 Å². The number of alkyl halides is 3. The molecule has 2 aromatic rings. The molecule has 0 atom stereocenters. The van der Waals surface area contributed by atoms with Crippen molar-refractivity contribution in [2.45, 2.75) is 12.6 Å². The van der Waals surface area contributed by atoms with E-state index in [4.69, 9.17) is 0 Å². The van der Waals surface area contributed by atoms with E-state index in [1.807, 2.05) is 0 Å². The highest BCUT2D eigenvalue weighted by atomic mass is 19.4. The summed E-state index contributed by atoms with van der Waals surface area (Å²) in [5.74, 6) is -0.0134. The lowest BCUT2D eigenvalue weighted by atomic mass is 10.1. The average Bonchev–Trinajstić information content (AvgIpc) is 2.80. The largest absolute Gasteiger partial charge is 0.416 e. The quantitative estimate of drug-likeness (QED) is 0.899. The van der Waals surface area contributed by atoms with Gasteiger partial charge in [0, 0.05) is 6.07 Å². The number of rotatable bonds is 3. The van der Waals surface area contributed by atoms with Crippen molar-refractivity contribution in [3.8, 4) is 0 Å². The lowest BCUT2D eigenvalue weighted by Gasteiger charge is -2.08. The summed E-state index contributed by atoms with van der Waals surface area (Å²) in [4.78, 5) is 11.6. The second-order valence-electron chi connectivity index (χ2n) is 3.89. The minimum absolute atomic E-state index is 0.136. The topological polar surface area (TPSA) is 57.8 Å². The van der Waals surface area contributed by atoms with Crippen LogP contribution in [0, 0.1) is 0 Å². The second-order valence-corrected chi connectivity index (χ2v) is 3.89. The van der Waals surface area contributed by atoms with Crippen molar-refractivity contribution in [1.29, 1.82) is 0 Å². The van der Waals surface area contributed by atoms with Crippen LogP contribution in [0.3, 0.4) is 0 Å². The van der Waals surface area contributed by atoms with Gasteiger partial charge < -0.3 is 5.32 Å².